The van der Waals surface area contributed by atoms with Crippen molar-refractivity contribution < 1.29 is 9.59 Å². The first kappa shape index (κ1) is 17.4. The number of aromatic nitrogens is 2. The Morgan fingerprint density at radius 3 is 2.76 bits per heavy atom. The molecule has 8 heteroatoms. The zero-order chi connectivity index (χ0) is 18.0. The van der Waals surface area contributed by atoms with Crippen LogP contribution in [0.15, 0.2) is 21.9 Å². The number of hydrogen-bond acceptors (Lipinski definition) is 4. The van der Waals surface area contributed by atoms with Gasteiger partial charge in [0.15, 0.2) is 0 Å². The largest absolute Gasteiger partial charge is 0.342 e. The van der Waals surface area contributed by atoms with E-state index in [1.54, 1.807) is 4.90 Å². The second-order valence-corrected chi connectivity index (χ2v) is 6.98. The summed E-state index contributed by atoms with van der Waals surface area (Å²) in [5.41, 5.74) is -1.55. The van der Waals surface area contributed by atoms with E-state index in [1.165, 1.54) is 16.8 Å². The number of nitrogens with one attached hydrogen (secondary N) is 1. The van der Waals surface area contributed by atoms with Crippen LogP contribution in [0.2, 0.25) is 0 Å². The van der Waals surface area contributed by atoms with Crippen LogP contribution < -0.4 is 11.2 Å². The lowest BCUT2D eigenvalue weighted by Gasteiger charge is -2.39. The maximum absolute atomic E-state index is 12.9. The molecule has 25 heavy (non-hydrogen) atoms. The first-order valence-corrected chi connectivity index (χ1v) is 8.82. The fraction of sp³-hybridized carbons (Fsp3) is 0.647. The van der Waals surface area contributed by atoms with Crippen LogP contribution in [0.4, 0.5) is 0 Å². The van der Waals surface area contributed by atoms with Crippen LogP contribution >= 0.6 is 0 Å². The molecular weight excluding hydrogens is 324 g/mol. The van der Waals surface area contributed by atoms with Crippen molar-refractivity contribution in [1.29, 1.82) is 0 Å². The quantitative estimate of drug-likeness (QED) is 0.814. The fourth-order valence-corrected chi connectivity index (χ4v) is 3.91. The Labute approximate surface area is 145 Å². The Morgan fingerprint density at radius 2 is 2.04 bits per heavy atom. The van der Waals surface area contributed by atoms with Crippen LogP contribution in [0, 0.1) is 5.41 Å². The number of piperidine rings is 1. The number of H-pyrrole nitrogens is 1. The summed E-state index contributed by atoms with van der Waals surface area (Å²) in [6.45, 7) is 4.45. The van der Waals surface area contributed by atoms with E-state index in [-0.39, 0.29) is 18.4 Å². The molecule has 136 valence electrons. The summed E-state index contributed by atoms with van der Waals surface area (Å²) < 4.78 is 1.18. The summed E-state index contributed by atoms with van der Waals surface area (Å²) in [4.78, 5) is 54.0. The molecular formula is C17H24N4O4. The van der Waals surface area contributed by atoms with E-state index in [2.05, 4.69) is 11.9 Å². The minimum Gasteiger partial charge on any atom is -0.342 e. The minimum atomic E-state index is -0.599. The average molecular weight is 348 g/mol. The summed E-state index contributed by atoms with van der Waals surface area (Å²) in [6.07, 6.45) is 4.71. The van der Waals surface area contributed by atoms with E-state index in [0.717, 1.165) is 32.4 Å². The Kier molecular flexibility index (Phi) is 4.78. The molecule has 1 aromatic heterocycles. The Bertz CT molecular complexity index is 781. The van der Waals surface area contributed by atoms with Gasteiger partial charge in [0.05, 0.1) is 5.41 Å². The summed E-state index contributed by atoms with van der Waals surface area (Å²) >= 11 is 0. The summed E-state index contributed by atoms with van der Waals surface area (Å²) in [5.74, 6) is -0.0384. The lowest BCUT2D eigenvalue weighted by atomic mass is 9.78. The molecule has 1 N–H and O–H groups in total. The van der Waals surface area contributed by atoms with Crippen LogP contribution in [-0.2, 0) is 16.1 Å². The predicted molar refractivity (Wildman–Crippen MR) is 91.1 cm³/mol. The van der Waals surface area contributed by atoms with Gasteiger partial charge in [0.2, 0.25) is 11.8 Å². The maximum atomic E-state index is 12.9. The molecule has 1 atom stereocenters. The monoisotopic (exact) mass is 348 g/mol. The van der Waals surface area contributed by atoms with Gasteiger partial charge in [-0.3, -0.25) is 23.9 Å². The highest BCUT2D eigenvalue weighted by molar-refractivity contribution is 5.86. The molecule has 8 nitrogen and oxygen atoms in total. The Balaban J connectivity index is 1.69. The second-order valence-electron chi connectivity index (χ2n) is 6.98. The molecule has 0 saturated carbocycles. The number of aromatic amines is 1. The van der Waals surface area contributed by atoms with Gasteiger partial charge in [0.25, 0.3) is 5.56 Å². The second kappa shape index (κ2) is 6.85. The van der Waals surface area contributed by atoms with Crippen molar-refractivity contribution in [2.24, 2.45) is 5.41 Å². The van der Waals surface area contributed by atoms with Crippen molar-refractivity contribution in [3.05, 3.63) is 33.1 Å². The predicted octanol–water partition coefficient (Wildman–Crippen LogP) is -0.212. The first-order chi connectivity index (χ1) is 11.9. The summed E-state index contributed by atoms with van der Waals surface area (Å²) in [6, 6.07) is 1.22. The molecule has 3 heterocycles. The van der Waals surface area contributed by atoms with Crippen LogP contribution in [0.25, 0.3) is 0 Å². The Morgan fingerprint density at radius 1 is 1.24 bits per heavy atom. The number of likely N-dealkylation sites (tertiary alicyclic amines) is 2. The van der Waals surface area contributed by atoms with Crippen molar-refractivity contribution in [1.82, 2.24) is 19.4 Å². The molecule has 2 aliphatic rings. The molecule has 0 aromatic carbocycles. The molecule has 0 bridgehead atoms. The van der Waals surface area contributed by atoms with Gasteiger partial charge in [0, 0.05) is 38.4 Å². The zero-order valence-corrected chi connectivity index (χ0v) is 14.5. The van der Waals surface area contributed by atoms with Gasteiger partial charge in [0.1, 0.15) is 6.54 Å². The number of carbonyl (C=O) groups excluding carboxylic acids is 2. The normalized spacial score (nSPS) is 23.5. The highest BCUT2D eigenvalue weighted by atomic mass is 16.2. The number of nitrogens with zero attached hydrogens (tertiary/aromatic N) is 3. The molecule has 2 aliphatic heterocycles. The van der Waals surface area contributed by atoms with Gasteiger partial charge >= 0.3 is 5.69 Å². The van der Waals surface area contributed by atoms with Gasteiger partial charge < -0.3 is 9.80 Å². The van der Waals surface area contributed by atoms with Gasteiger partial charge in [-0.25, -0.2) is 4.79 Å². The molecule has 1 aromatic rings. The van der Waals surface area contributed by atoms with E-state index in [4.69, 9.17) is 0 Å². The van der Waals surface area contributed by atoms with E-state index in [9.17, 15) is 19.2 Å². The molecule has 2 saturated heterocycles. The Hall–Kier alpha value is -2.38. The lowest BCUT2D eigenvalue weighted by molar-refractivity contribution is -0.146. The maximum Gasteiger partial charge on any atom is 0.328 e. The SMILES string of the molecule is CCCN1CCCC2(CCN(C(=O)Cn3ccc(=O)[nH]c3=O)C2)C1=O. The van der Waals surface area contributed by atoms with Crippen LogP contribution in [0.1, 0.15) is 32.6 Å². The average Bonchev–Trinajstić information content (AvgIpc) is 3.00. The number of carbonyl (C=O) groups is 2. The van der Waals surface area contributed by atoms with Crippen LogP contribution in [0.3, 0.4) is 0 Å². The van der Waals surface area contributed by atoms with Crippen molar-refractivity contribution in [2.45, 2.75) is 39.2 Å². The van der Waals surface area contributed by atoms with E-state index < -0.39 is 16.7 Å². The summed E-state index contributed by atoms with van der Waals surface area (Å²) in [5, 5.41) is 0. The number of hydrogen-bond donors (Lipinski definition) is 1. The molecule has 0 radical (unpaired) electrons. The first-order valence-electron chi connectivity index (χ1n) is 8.82. The molecule has 0 aliphatic carbocycles. The van der Waals surface area contributed by atoms with Crippen molar-refractivity contribution in [3.63, 3.8) is 0 Å². The molecule has 2 amide bonds. The molecule has 3 rings (SSSR count). The van der Waals surface area contributed by atoms with E-state index in [0.29, 0.717) is 19.5 Å². The number of amides is 2. The van der Waals surface area contributed by atoms with Crippen LogP contribution in [0.5, 0.6) is 0 Å². The molecule has 1 unspecified atom stereocenters. The zero-order valence-electron chi connectivity index (χ0n) is 14.5. The van der Waals surface area contributed by atoms with Gasteiger partial charge in [-0.1, -0.05) is 6.92 Å². The highest BCUT2D eigenvalue weighted by Gasteiger charge is 2.49. The van der Waals surface area contributed by atoms with Crippen molar-refractivity contribution >= 4 is 11.8 Å². The molecule has 1 spiro atoms. The smallest absolute Gasteiger partial charge is 0.328 e. The minimum absolute atomic E-state index is 0.126. The van der Waals surface area contributed by atoms with Gasteiger partial charge in [-0.15, -0.1) is 0 Å². The highest BCUT2D eigenvalue weighted by Crippen LogP contribution is 2.40. The van der Waals surface area contributed by atoms with Crippen LogP contribution in [-0.4, -0.2) is 57.3 Å². The fourth-order valence-electron chi connectivity index (χ4n) is 3.91. The van der Waals surface area contributed by atoms with Gasteiger partial charge in [-0.05, 0) is 25.7 Å². The van der Waals surface area contributed by atoms with E-state index >= 15 is 0 Å². The third-order valence-electron chi connectivity index (χ3n) is 5.23. The lowest BCUT2D eigenvalue weighted by Crippen LogP contribution is -2.50. The van der Waals surface area contributed by atoms with Gasteiger partial charge in [-0.2, -0.15) is 0 Å². The third kappa shape index (κ3) is 3.38. The summed E-state index contributed by atoms with van der Waals surface area (Å²) in [7, 11) is 0. The van der Waals surface area contributed by atoms with Crippen molar-refractivity contribution in [3.8, 4) is 0 Å². The topological polar surface area (TPSA) is 95.5 Å². The number of rotatable bonds is 4. The van der Waals surface area contributed by atoms with E-state index in [1.807, 2.05) is 4.90 Å². The standard InChI is InChI=1S/C17H24N4O4/c1-2-7-19-8-3-5-17(15(19)24)6-10-21(12-17)14(23)11-20-9-4-13(22)18-16(20)25/h4,9H,2-3,5-8,10-12H2,1H3,(H,18,22,25). The third-order valence-corrected chi connectivity index (χ3v) is 5.23. The molecule has 2 fully saturated rings. The van der Waals surface area contributed by atoms with Crippen molar-refractivity contribution in [2.75, 3.05) is 26.2 Å².